The first-order valence-electron chi connectivity index (χ1n) is 8.68. The summed E-state index contributed by atoms with van der Waals surface area (Å²) >= 11 is 0. The molecule has 0 aliphatic carbocycles. The molecule has 1 aliphatic heterocycles. The summed E-state index contributed by atoms with van der Waals surface area (Å²) in [6.07, 6.45) is 2.83. The van der Waals surface area contributed by atoms with Crippen molar-refractivity contribution in [2.24, 2.45) is 0 Å². The number of aryl methyl sites for hydroxylation is 1. The van der Waals surface area contributed by atoms with E-state index in [9.17, 15) is 5.11 Å². The molecule has 0 saturated carbocycles. The van der Waals surface area contributed by atoms with Crippen molar-refractivity contribution >= 4 is 0 Å². The van der Waals surface area contributed by atoms with Crippen molar-refractivity contribution in [1.29, 1.82) is 0 Å². The Labute approximate surface area is 147 Å². The Balaban J connectivity index is 1.53. The molecule has 0 radical (unpaired) electrons. The first-order valence-corrected chi connectivity index (χ1v) is 8.68. The quantitative estimate of drug-likeness (QED) is 0.751. The van der Waals surface area contributed by atoms with Gasteiger partial charge in [-0.2, -0.15) is 5.10 Å². The van der Waals surface area contributed by atoms with Crippen LogP contribution in [0.3, 0.4) is 0 Å². The van der Waals surface area contributed by atoms with Gasteiger partial charge in [0.15, 0.2) is 5.76 Å². The number of nitrogens with zero attached hydrogens (tertiary/aromatic N) is 2. The third-order valence-electron chi connectivity index (χ3n) is 5.22. The highest BCUT2D eigenvalue weighted by atomic mass is 16.3. The van der Waals surface area contributed by atoms with E-state index in [1.807, 2.05) is 43.5 Å². The average molecular weight is 337 g/mol. The number of aliphatic hydroxyl groups is 1. The first-order chi connectivity index (χ1) is 12.2. The smallest absolute Gasteiger partial charge is 0.152 e. The van der Waals surface area contributed by atoms with Gasteiger partial charge in [-0.1, -0.05) is 30.3 Å². The van der Waals surface area contributed by atoms with Crippen LogP contribution in [-0.4, -0.2) is 39.9 Å². The molecule has 2 N–H and O–H groups in total. The van der Waals surface area contributed by atoms with Crippen LogP contribution < -0.4 is 0 Å². The van der Waals surface area contributed by atoms with E-state index < -0.39 is 0 Å². The van der Waals surface area contributed by atoms with Gasteiger partial charge in [0, 0.05) is 24.1 Å². The Morgan fingerprint density at radius 2 is 2.08 bits per heavy atom. The fourth-order valence-electron chi connectivity index (χ4n) is 3.80. The van der Waals surface area contributed by atoms with Crippen molar-refractivity contribution in [1.82, 2.24) is 15.1 Å². The highest BCUT2D eigenvalue weighted by Crippen LogP contribution is 2.35. The van der Waals surface area contributed by atoms with E-state index in [-0.39, 0.29) is 12.0 Å². The Morgan fingerprint density at radius 1 is 1.24 bits per heavy atom. The lowest BCUT2D eigenvalue weighted by Gasteiger charge is -2.28. The molecule has 5 nitrogen and oxygen atoms in total. The summed E-state index contributed by atoms with van der Waals surface area (Å²) in [5, 5.41) is 17.3. The van der Waals surface area contributed by atoms with Gasteiger partial charge in [0.1, 0.15) is 11.5 Å². The molecule has 5 heteroatoms. The third kappa shape index (κ3) is 3.01. The highest BCUT2D eigenvalue weighted by molar-refractivity contribution is 5.56. The molecule has 130 valence electrons. The van der Waals surface area contributed by atoms with E-state index in [2.05, 4.69) is 27.2 Å². The average Bonchev–Trinajstić information content (AvgIpc) is 3.36. The van der Waals surface area contributed by atoms with Gasteiger partial charge in [-0.25, -0.2) is 0 Å². The van der Waals surface area contributed by atoms with Gasteiger partial charge in [-0.15, -0.1) is 0 Å². The second-order valence-corrected chi connectivity index (χ2v) is 6.95. The van der Waals surface area contributed by atoms with Crippen LogP contribution in [-0.2, 0) is 12.0 Å². The van der Waals surface area contributed by atoms with Gasteiger partial charge in [0.25, 0.3) is 0 Å². The SMILES string of the molecule is Cc1ccc(-c2[nH]ncc2CN2CCC(CO)(c3ccccc3)C2)o1. The second-order valence-electron chi connectivity index (χ2n) is 6.95. The Bertz CT molecular complexity index is 840. The van der Waals surface area contributed by atoms with Crippen molar-refractivity contribution in [3.8, 4) is 11.5 Å². The zero-order valence-corrected chi connectivity index (χ0v) is 14.4. The summed E-state index contributed by atoms with van der Waals surface area (Å²) in [6.45, 7) is 4.70. The summed E-state index contributed by atoms with van der Waals surface area (Å²) in [5.74, 6) is 1.71. The minimum Gasteiger partial charge on any atom is -0.460 e. The monoisotopic (exact) mass is 337 g/mol. The third-order valence-corrected chi connectivity index (χ3v) is 5.22. The number of aliphatic hydroxyl groups excluding tert-OH is 1. The van der Waals surface area contributed by atoms with Crippen molar-refractivity contribution in [3.63, 3.8) is 0 Å². The molecule has 1 aliphatic rings. The Morgan fingerprint density at radius 3 is 2.80 bits per heavy atom. The number of H-pyrrole nitrogens is 1. The van der Waals surface area contributed by atoms with Crippen LogP contribution in [0.25, 0.3) is 11.5 Å². The number of rotatable bonds is 5. The molecule has 3 aromatic rings. The molecular weight excluding hydrogens is 314 g/mol. The van der Waals surface area contributed by atoms with Crippen molar-refractivity contribution < 1.29 is 9.52 Å². The van der Waals surface area contributed by atoms with Crippen LogP contribution in [0.2, 0.25) is 0 Å². The van der Waals surface area contributed by atoms with Crippen molar-refractivity contribution in [2.75, 3.05) is 19.7 Å². The molecule has 0 spiro atoms. The number of aromatic nitrogens is 2. The van der Waals surface area contributed by atoms with Gasteiger partial charge in [0.2, 0.25) is 0 Å². The number of hydrogen-bond donors (Lipinski definition) is 2. The van der Waals surface area contributed by atoms with Gasteiger partial charge >= 0.3 is 0 Å². The van der Waals surface area contributed by atoms with E-state index in [0.29, 0.717) is 0 Å². The lowest BCUT2D eigenvalue weighted by Crippen LogP contribution is -2.34. The maximum Gasteiger partial charge on any atom is 0.152 e. The zero-order chi connectivity index (χ0) is 17.3. The maximum atomic E-state index is 10.1. The molecule has 1 aromatic carbocycles. The highest BCUT2D eigenvalue weighted by Gasteiger charge is 2.39. The molecule has 0 bridgehead atoms. The van der Waals surface area contributed by atoms with Crippen LogP contribution in [0.4, 0.5) is 0 Å². The van der Waals surface area contributed by atoms with Crippen LogP contribution in [0, 0.1) is 6.92 Å². The fraction of sp³-hybridized carbons (Fsp3) is 0.350. The van der Waals surface area contributed by atoms with Gasteiger partial charge in [0.05, 0.1) is 12.8 Å². The zero-order valence-electron chi connectivity index (χ0n) is 14.4. The summed E-state index contributed by atoms with van der Waals surface area (Å²) in [4.78, 5) is 2.38. The second kappa shape index (κ2) is 6.50. The summed E-state index contributed by atoms with van der Waals surface area (Å²) < 4.78 is 5.73. The lowest BCUT2D eigenvalue weighted by molar-refractivity contribution is 0.188. The van der Waals surface area contributed by atoms with Gasteiger partial charge < -0.3 is 9.52 Å². The predicted molar refractivity (Wildman–Crippen MR) is 96.1 cm³/mol. The largest absolute Gasteiger partial charge is 0.460 e. The van der Waals surface area contributed by atoms with Crippen molar-refractivity contribution in [2.45, 2.75) is 25.3 Å². The number of likely N-dealkylation sites (tertiary alicyclic amines) is 1. The topological polar surface area (TPSA) is 65.3 Å². The van der Waals surface area contributed by atoms with Gasteiger partial charge in [-0.3, -0.25) is 10.00 Å². The lowest BCUT2D eigenvalue weighted by atomic mass is 9.80. The Hall–Kier alpha value is -2.37. The molecule has 2 aromatic heterocycles. The minimum absolute atomic E-state index is 0.170. The molecule has 1 atom stereocenters. The number of furan rings is 1. The summed E-state index contributed by atoms with van der Waals surface area (Å²) in [6, 6.07) is 14.3. The van der Waals surface area contributed by atoms with Crippen LogP contribution >= 0.6 is 0 Å². The molecule has 3 heterocycles. The maximum absolute atomic E-state index is 10.1. The summed E-state index contributed by atoms with van der Waals surface area (Å²) in [7, 11) is 0. The normalized spacial score (nSPS) is 21.0. The van der Waals surface area contributed by atoms with Gasteiger partial charge in [-0.05, 0) is 37.6 Å². The standard InChI is InChI=1S/C20H23N3O2/c1-15-7-8-18(25-15)19-16(11-21-22-19)12-23-10-9-20(13-23,14-24)17-5-3-2-4-6-17/h2-8,11,24H,9-10,12-14H2,1H3,(H,21,22). The number of benzene rings is 1. The molecule has 1 saturated heterocycles. The predicted octanol–water partition coefficient (Wildman–Crippen LogP) is 3.11. The van der Waals surface area contributed by atoms with Crippen LogP contribution in [0.5, 0.6) is 0 Å². The van der Waals surface area contributed by atoms with Crippen LogP contribution in [0.15, 0.2) is 53.1 Å². The molecule has 1 unspecified atom stereocenters. The molecular formula is C20H23N3O2. The van der Waals surface area contributed by atoms with Crippen LogP contribution in [0.1, 0.15) is 23.3 Å². The first kappa shape index (κ1) is 16.1. The van der Waals surface area contributed by atoms with E-state index in [1.165, 1.54) is 5.56 Å². The molecule has 4 rings (SSSR count). The summed E-state index contributed by atoms with van der Waals surface area (Å²) in [5.41, 5.74) is 3.10. The fourth-order valence-corrected chi connectivity index (χ4v) is 3.80. The molecule has 1 fully saturated rings. The van der Waals surface area contributed by atoms with E-state index in [0.717, 1.165) is 48.8 Å². The molecule has 0 amide bonds. The Kier molecular flexibility index (Phi) is 4.19. The van der Waals surface area contributed by atoms with E-state index >= 15 is 0 Å². The number of hydrogen-bond acceptors (Lipinski definition) is 4. The van der Waals surface area contributed by atoms with Crippen molar-refractivity contribution in [3.05, 3.63) is 65.5 Å². The van der Waals surface area contributed by atoms with E-state index in [4.69, 9.17) is 4.42 Å². The number of aromatic amines is 1. The minimum atomic E-state index is -0.174. The number of nitrogens with one attached hydrogen (secondary N) is 1. The molecule has 25 heavy (non-hydrogen) atoms. The van der Waals surface area contributed by atoms with E-state index in [1.54, 1.807) is 0 Å².